The number of nitrogens with one attached hydrogen (secondary N) is 2. The minimum atomic E-state index is -4.93. The average Bonchev–Trinajstić information content (AvgIpc) is 3.30. The summed E-state index contributed by atoms with van der Waals surface area (Å²) in [5.74, 6) is -1.21. The van der Waals surface area contributed by atoms with Gasteiger partial charge in [0.2, 0.25) is 0 Å². The van der Waals surface area contributed by atoms with E-state index in [-0.39, 0.29) is 11.3 Å². The molecule has 4 rings (SSSR count). The van der Waals surface area contributed by atoms with Gasteiger partial charge in [0, 0.05) is 5.69 Å². The van der Waals surface area contributed by atoms with E-state index in [1.54, 1.807) is 6.92 Å². The zero-order valence-corrected chi connectivity index (χ0v) is 17.8. The highest BCUT2D eigenvalue weighted by atomic mass is 32.2. The first-order valence-corrected chi connectivity index (χ1v) is 11.7. The monoisotopic (exact) mass is 456 g/mol. The fraction of sp³-hybridized carbons (Fsp3) is 0.476. The third-order valence-electron chi connectivity index (χ3n) is 5.93. The fourth-order valence-electron chi connectivity index (χ4n) is 4.58. The molecule has 6 nitrogen and oxygen atoms in total. The van der Waals surface area contributed by atoms with Gasteiger partial charge in [-0.05, 0) is 85.3 Å². The molecular weight excluding hydrogens is 433 g/mol. The molecule has 2 N–H and O–H groups in total. The highest BCUT2D eigenvalue weighted by molar-refractivity contribution is 7.93. The molecule has 1 atom stereocenters. The summed E-state index contributed by atoms with van der Waals surface area (Å²) in [6.07, 6.45) is 2.54. The molecule has 3 aliphatic carbocycles. The number of fused-ring (bicyclic) bond motifs is 2. The Morgan fingerprint density at radius 2 is 1.71 bits per heavy atom. The van der Waals surface area contributed by atoms with Crippen LogP contribution in [0.3, 0.4) is 0 Å². The van der Waals surface area contributed by atoms with Crippen LogP contribution in [-0.4, -0.2) is 20.8 Å². The topological polar surface area (TPSA) is 84.5 Å². The van der Waals surface area contributed by atoms with Gasteiger partial charge in [-0.25, -0.2) is 17.9 Å². The van der Waals surface area contributed by atoms with Crippen molar-refractivity contribution >= 4 is 21.7 Å². The van der Waals surface area contributed by atoms with Crippen molar-refractivity contribution in [2.75, 3.05) is 5.32 Å². The quantitative estimate of drug-likeness (QED) is 0.701. The predicted octanol–water partition coefficient (Wildman–Crippen LogP) is 4.46. The Hall–Kier alpha value is -2.49. The lowest BCUT2D eigenvalue weighted by atomic mass is 9.99. The molecular formula is C21H23F3N2O4S. The van der Waals surface area contributed by atoms with E-state index < -0.39 is 34.1 Å². The molecule has 0 radical (unpaired) electrons. The first-order chi connectivity index (χ1) is 14.5. The van der Waals surface area contributed by atoms with E-state index in [2.05, 4.69) is 16.1 Å². The van der Waals surface area contributed by atoms with Gasteiger partial charge in [0.25, 0.3) is 10.0 Å². The van der Waals surface area contributed by atoms with Crippen LogP contribution in [0.15, 0.2) is 28.9 Å². The number of carbonyl (C=O) groups is 1. The zero-order chi connectivity index (χ0) is 22.4. The van der Waals surface area contributed by atoms with Gasteiger partial charge in [-0.1, -0.05) is 13.0 Å². The van der Waals surface area contributed by atoms with Gasteiger partial charge in [0.15, 0.2) is 0 Å². The molecule has 0 heterocycles. The van der Waals surface area contributed by atoms with Crippen LogP contribution in [0.2, 0.25) is 0 Å². The number of amides is 2. The number of sulfonamides is 1. The Morgan fingerprint density at radius 3 is 2.29 bits per heavy atom. The van der Waals surface area contributed by atoms with Gasteiger partial charge < -0.3 is 10.1 Å². The number of alkyl halides is 3. The second-order valence-corrected chi connectivity index (χ2v) is 9.81. The van der Waals surface area contributed by atoms with E-state index >= 15 is 0 Å². The van der Waals surface area contributed by atoms with Gasteiger partial charge in [0.05, 0.1) is 4.91 Å². The van der Waals surface area contributed by atoms with Crippen molar-refractivity contribution in [3.8, 4) is 0 Å². The van der Waals surface area contributed by atoms with Crippen molar-refractivity contribution in [2.45, 2.75) is 58.2 Å². The van der Waals surface area contributed by atoms with Gasteiger partial charge in [-0.15, -0.1) is 13.2 Å². The SMILES string of the molecule is CC1CC=C(OC(F)(F)F)C=C1S(=O)(=O)NC(=O)Nc1c2c(cc3c1CCC3)CCC2. The number of allylic oxidation sites excluding steroid dienone is 3. The van der Waals surface area contributed by atoms with Crippen LogP contribution >= 0.6 is 0 Å². The smallest absolute Gasteiger partial charge is 0.406 e. The molecule has 168 valence electrons. The molecule has 0 fully saturated rings. The average molecular weight is 456 g/mol. The van der Waals surface area contributed by atoms with Crippen LogP contribution in [0.5, 0.6) is 0 Å². The predicted molar refractivity (Wildman–Crippen MR) is 109 cm³/mol. The van der Waals surface area contributed by atoms with E-state index in [1.807, 2.05) is 4.72 Å². The number of benzene rings is 1. The molecule has 2 amide bonds. The van der Waals surface area contributed by atoms with Gasteiger partial charge in [0.1, 0.15) is 5.76 Å². The Morgan fingerprint density at radius 1 is 1.10 bits per heavy atom. The summed E-state index contributed by atoms with van der Waals surface area (Å²) < 4.78 is 68.9. The molecule has 0 saturated heterocycles. The second-order valence-electron chi connectivity index (χ2n) is 8.13. The summed E-state index contributed by atoms with van der Waals surface area (Å²) >= 11 is 0. The molecule has 1 aromatic carbocycles. The van der Waals surface area contributed by atoms with E-state index in [0.29, 0.717) is 5.69 Å². The third-order valence-corrected chi connectivity index (χ3v) is 7.52. The zero-order valence-electron chi connectivity index (χ0n) is 16.9. The van der Waals surface area contributed by atoms with Gasteiger partial charge in [-0.2, -0.15) is 0 Å². The lowest BCUT2D eigenvalue weighted by Gasteiger charge is -2.22. The number of carbonyl (C=O) groups excluding carboxylic acids is 1. The molecule has 31 heavy (non-hydrogen) atoms. The molecule has 1 aromatic rings. The number of halogens is 3. The maximum Gasteiger partial charge on any atom is 0.573 e. The van der Waals surface area contributed by atoms with Gasteiger partial charge >= 0.3 is 12.4 Å². The molecule has 3 aliphatic rings. The first kappa shape index (κ1) is 21.7. The van der Waals surface area contributed by atoms with Crippen molar-refractivity contribution in [3.05, 3.63) is 51.1 Å². The van der Waals surface area contributed by atoms with Crippen molar-refractivity contribution in [1.82, 2.24) is 4.72 Å². The van der Waals surface area contributed by atoms with Crippen LogP contribution in [0, 0.1) is 5.92 Å². The van der Waals surface area contributed by atoms with E-state index in [9.17, 15) is 26.4 Å². The van der Waals surface area contributed by atoms with Gasteiger partial charge in [-0.3, -0.25) is 0 Å². The molecule has 0 aromatic heterocycles. The molecule has 10 heteroatoms. The highest BCUT2D eigenvalue weighted by Crippen LogP contribution is 2.38. The summed E-state index contributed by atoms with van der Waals surface area (Å²) in [7, 11) is -4.36. The standard InChI is InChI=1S/C21H23F3N2O4S/c1-12-8-9-15(30-21(22,23)24)11-18(12)31(28,29)26-20(27)25-19-16-6-2-4-13(16)10-14-5-3-7-17(14)19/h9-12H,2-8H2,1H3,(H2,25,26,27). The van der Waals surface area contributed by atoms with Crippen LogP contribution in [0.1, 0.15) is 48.4 Å². The van der Waals surface area contributed by atoms with Crippen LogP contribution in [-0.2, 0) is 40.4 Å². The van der Waals surface area contributed by atoms with Crippen molar-refractivity contribution in [1.29, 1.82) is 0 Å². The van der Waals surface area contributed by atoms with Crippen LogP contribution in [0.4, 0.5) is 23.7 Å². The minimum absolute atomic E-state index is 0.0411. The lowest BCUT2D eigenvalue weighted by Crippen LogP contribution is -2.37. The summed E-state index contributed by atoms with van der Waals surface area (Å²) in [5.41, 5.74) is 5.13. The first-order valence-electron chi connectivity index (χ1n) is 10.2. The number of anilines is 1. The van der Waals surface area contributed by atoms with E-state index in [1.165, 1.54) is 17.2 Å². The lowest BCUT2D eigenvalue weighted by molar-refractivity contribution is -0.303. The van der Waals surface area contributed by atoms with E-state index in [4.69, 9.17) is 0 Å². The molecule has 0 saturated carbocycles. The van der Waals surface area contributed by atoms with Crippen molar-refractivity contribution in [3.63, 3.8) is 0 Å². The maximum atomic E-state index is 12.8. The summed E-state index contributed by atoms with van der Waals surface area (Å²) in [6, 6.07) is 1.27. The Kier molecular flexibility index (Phi) is 5.53. The fourth-order valence-corrected chi connectivity index (χ4v) is 5.90. The number of hydrogen-bond donors (Lipinski definition) is 2. The Bertz CT molecular complexity index is 1060. The van der Waals surface area contributed by atoms with E-state index in [0.717, 1.165) is 55.7 Å². The van der Waals surface area contributed by atoms with Crippen LogP contribution < -0.4 is 10.0 Å². The number of ether oxygens (including phenoxy) is 1. The van der Waals surface area contributed by atoms with Crippen molar-refractivity contribution < 1.29 is 31.1 Å². The minimum Gasteiger partial charge on any atom is -0.406 e. The highest BCUT2D eigenvalue weighted by Gasteiger charge is 2.35. The summed E-state index contributed by atoms with van der Waals surface area (Å²) in [6.45, 7) is 1.56. The molecule has 1 unspecified atom stereocenters. The number of aryl methyl sites for hydroxylation is 2. The normalized spacial score (nSPS) is 20.5. The summed E-state index contributed by atoms with van der Waals surface area (Å²) in [5, 5.41) is 2.72. The molecule has 0 aliphatic heterocycles. The number of rotatable bonds is 4. The third kappa shape index (κ3) is 4.58. The maximum absolute atomic E-state index is 12.8. The molecule has 0 spiro atoms. The Balaban J connectivity index is 1.55. The largest absolute Gasteiger partial charge is 0.573 e. The summed E-state index contributed by atoms with van der Waals surface area (Å²) in [4.78, 5) is 12.3. The Labute approximate surface area is 178 Å². The number of hydrogen-bond acceptors (Lipinski definition) is 4. The van der Waals surface area contributed by atoms with Crippen LogP contribution in [0.25, 0.3) is 0 Å². The number of urea groups is 1. The van der Waals surface area contributed by atoms with Crippen molar-refractivity contribution in [2.24, 2.45) is 5.92 Å². The second kappa shape index (κ2) is 7.89. The molecule has 0 bridgehead atoms.